The van der Waals surface area contributed by atoms with Gasteiger partial charge in [0, 0.05) is 37.4 Å². The van der Waals surface area contributed by atoms with Gasteiger partial charge in [0.15, 0.2) is 5.82 Å². The standard InChI is InChI=1S/C24H32N6O/c1-5-24(2,3)30-23(25-26-27-30)22(20-13-9-10-14-21(20)31-4)29-17-15-28(16-18-29)19-11-7-6-8-12-19/h6-14,22H,5,15-18H2,1-4H3/t22-/m1/s1. The second kappa shape index (κ2) is 9.06. The lowest BCUT2D eigenvalue weighted by Crippen LogP contribution is -2.49. The van der Waals surface area contributed by atoms with Crippen LogP contribution in [-0.2, 0) is 5.54 Å². The third-order valence-electron chi connectivity index (χ3n) is 6.41. The van der Waals surface area contributed by atoms with Crippen LogP contribution in [0.5, 0.6) is 5.75 Å². The van der Waals surface area contributed by atoms with Gasteiger partial charge in [0.1, 0.15) is 11.8 Å². The maximum Gasteiger partial charge on any atom is 0.173 e. The number of benzene rings is 2. The molecule has 0 N–H and O–H groups in total. The van der Waals surface area contributed by atoms with Crippen LogP contribution in [-0.4, -0.2) is 58.4 Å². The summed E-state index contributed by atoms with van der Waals surface area (Å²) < 4.78 is 7.74. The highest BCUT2D eigenvalue weighted by Gasteiger charge is 2.35. The van der Waals surface area contributed by atoms with Gasteiger partial charge in [-0.05, 0) is 48.9 Å². The fourth-order valence-electron chi connectivity index (χ4n) is 4.21. The van der Waals surface area contributed by atoms with Crippen LogP contribution in [0, 0.1) is 0 Å². The molecule has 2 aromatic carbocycles. The second-order valence-electron chi connectivity index (χ2n) is 8.62. The van der Waals surface area contributed by atoms with E-state index >= 15 is 0 Å². The van der Waals surface area contributed by atoms with Gasteiger partial charge in [-0.15, -0.1) is 5.10 Å². The van der Waals surface area contributed by atoms with E-state index in [0.717, 1.165) is 49.7 Å². The molecule has 0 unspecified atom stereocenters. The highest BCUT2D eigenvalue weighted by atomic mass is 16.5. The minimum atomic E-state index is -0.176. The number of nitrogens with zero attached hydrogens (tertiary/aromatic N) is 6. The molecular formula is C24H32N6O. The Labute approximate surface area is 184 Å². The molecule has 0 radical (unpaired) electrons. The first-order valence-electron chi connectivity index (χ1n) is 11.0. The van der Waals surface area contributed by atoms with Crippen molar-refractivity contribution in [1.29, 1.82) is 0 Å². The Kier molecular flexibility index (Phi) is 6.23. The molecule has 4 rings (SSSR count). The van der Waals surface area contributed by atoms with Crippen molar-refractivity contribution in [2.24, 2.45) is 0 Å². The first-order chi connectivity index (χ1) is 15.0. The Morgan fingerprint density at radius 1 is 0.968 bits per heavy atom. The summed E-state index contributed by atoms with van der Waals surface area (Å²) in [5, 5.41) is 13.0. The largest absolute Gasteiger partial charge is 0.496 e. The molecule has 7 nitrogen and oxygen atoms in total. The molecule has 1 saturated heterocycles. The summed E-state index contributed by atoms with van der Waals surface area (Å²) >= 11 is 0. The van der Waals surface area contributed by atoms with Crippen molar-refractivity contribution in [2.45, 2.75) is 38.8 Å². The minimum Gasteiger partial charge on any atom is -0.496 e. The average Bonchev–Trinajstić information content (AvgIpc) is 3.31. The summed E-state index contributed by atoms with van der Waals surface area (Å²) in [5.74, 6) is 1.73. The fraction of sp³-hybridized carbons (Fsp3) is 0.458. The molecule has 0 amide bonds. The summed E-state index contributed by atoms with van der Waals surface area (Å²) in [6.07, 6.45) is 0.936. The quantitative estimate of drug-likeness (QED) is 0.580. The number of hydrogen-bond acceptors (Lipinski definition) is 6. The molecule has 0 spiro atoms. The highest BCUT2D eigenvalue weighted by molar-refractivity contribution is 5.46. The van der Waals surface area contributed by atoms with Crippen LogP contribution in [0.1, 0.15) is 44.6 Å². The molecule has 31 heavy (non-hydrogen) atoms. The zero-order valence-electron chi connectivity index (χ0n) is 18.9. The Bertz CT molecular complexity index is 978. The van der Waals surface area contributed by atoms with Crippen LogP contribution >= 0.6 is 0 Å². The molecule has 164 valence electrons. The normalized spacial score (nSPS) is 16.3. The van der Waals surface area contributed by atoms with Crippen LogP contribution in [0.25, 0.3) is 0 Å². The number of methoxy groups -OCH3 is 1. The molecule has 0 aliphatic carbocycles. The second-order valence-corrected chi connectivity index (χ2v) is 8.62. The summed E-state index contributed by atoms with van der Waals surface area (Å²) in [5.41, 5.74) is 2.19. The average molecular weight is 421 g/mol. The molecule has 1 aromatic heterocycles. The zero-order chi connectivity index (χ0) is 21.8. The van der Waals surface area contributed by atoms with Gasteiger partial charge in [0.25, 0.3) is 0 Å². The number of hydrogen-bond donors (Lipinski definition) is 0. The third kappa shape index (κ3) is 4.28. The number of piperazine rings is 1. The third-order valence-corrected chi connectivity index (χ3v) is 6.41. The van der Waals surface area contributed by atoms with E-state index in [2.05, 4.69) is 88.6 Å². The van der Waals surface area contributed by atoms with Crippen LogP contribution in [0.3, 0.4) is 0 Å². The van der Waals surface area contributed by atoms with E-state index in [4.69, 9.17) is 4.74 Å². The highest BCUT2D eigenvalue weighted by Crippen LogP contribution is 2.36. The van der Waals surface area contributed by atoms with Gasteiger partial charge in [-0.2, -0.15) is 0 Å². The SMILES string of the molecule is CCC(C)(C)n1nnnc1[C@@H](c1ccccc1OC)N1CCN(c2ccccc2)CC1. The van der Waals surface area contributed by atoms with E-state index in [9.17, 15) is 0 Å². The topological polar surface area (TPSA) is 59.3 Å². The van der Waals surface area contributed by atoms with Gasteiger partial charge < -0.3 is 9.64 Å². The lowest BCUT2D eigenvalue weighted by Gasteiger charge is -2.40. The van der Waals surface area contributed by atoms with Crippen molar-refractivity contribution in [2.75, 3.05) is 38.2 Å². The monoisotopic (exact) mass is 420 g/mol. The first-order valence-corrected chi connectivity index (χ1v) is 11.0. The molecule has 1 fully saturated rings. The summed E-state index contributed by atoms with van der Waals surface area (Å²) in [6, 6.07) is 18.8. The summed E-state index contributed by atoms with van der Waals surface area (Å²) in [4.78, 5) is 4.92. The molecular weight excluding hydrogens is 388 g/mol. The fourth-order valence-corrected chi connectivity index (χ4v) is 4.21. The number of ether oxygens (including phenoxy) is 1. The smallest absolute Gasteiger partial charge is 0.173 e. The van der Waals surface area contributed by atoms with Gasteiger partial charge in [0.05, 0.1) is 12.6 Å². The Balaban J connectivity index is 1.69. The van der Waals surface area contributed by atoms with Gasteiger partial charge in [-0.1, -0.05) is 43.3 Å². The summed E-state index contributed by atoms with van der Waals surface area (Å²) in [6.45, 7) is 10.3. The minimum absolute atomic E-state index is 0.0742. The van der Waals surface area contributed by atoms with E-state index in [1.165, 1.54) is 5.69 Å². The van der Waals surface area contributed by atoms with E-state index in [0.29, 0.717) is 0 Å². The summed E-state index contributed by atoms with van der Waals surface area (Å²) in [7, 11) is 1.72. The Morgan fingerprint density at radius 3 is 2.32 bits per heavy atom. The van der Waals surface area contributed by atoms with Gasteiger partial charge in [-0.25, -0.2) is 4.68 Å². The molecule has 7 heteroatoms. The van der Waals surface area contributed by atoms with Crippen LogP contribution in [0.4, 0.5) is 5.69 Å². The Morgan fingerprint density at radius 2 is 1.65 bits per heavy atom. The first kappa shape index (κ1) is 21.3. The van der Waals surface area contributed by atoms with E-state index in [1.807, 2.05) is 16.8 Å². The van der Waals surface area contributed by atoms with Crippen molar-refractivity contribution < 1.29 is 4.74 Å². The molecule has 0 bridgehead atoms. The number of anilines is 1. The molecule has 1 atom stereocenters. The van der Waals surface area contributed by atoms with Crippen molar-refractivity contribution in [1.82, 2.24) is 25.1 Å². The van der Waals surface area contributed by atoms with Crippen LogP contribution in [0.2, 0.25) is 0 Å². The molecule has 0 saturated carbocycles. The van der Waals surface area contributed by atoms with Crippen molar-refractivity contribution in [3.05, 3.63) is 66.0 Å². The maximum absolute atomic E-state index is 5.74. The lowest BCUT2D eigenvalue weighted by molar-refractivity contribution is 0.184. The number of rotatable bonds is 7. The number of aromatic nitrogens is 4. The van der Waals surface area contributed by atoms with E-state index < -0.39 is 0 Å². The predicted octanol–water partition coefficient (Wildman–Crippen LogP) is 3.74. The lowest BCUT2D eigenvalue weighted by atomic mass is 9.98. The number of tetrazole rings is 1. The predicted molar refractivity (Wildman–Crippen MR) is 122 cm³/mol. The van der Waals surface area contributed by atoms with Gasteiger partial charge in [0.2, 0.25) is 0 Å². The molecule has 1 aliphatic heterocycles. The zero-order valence-corrected chi connectivity index (χ0v) is 18.9. The van der Waals surface area contributed by atoms with E-state index in [1.54, 1.807) is 7.11 Å². The van der Waals surface area contributed by atoms with Gasteiger partial charge >= 0.3 is 0 Å². The van der Waals surface area contributed by atoms with Gasteiger partial charge in [-0.3, -0.25) is 4.90 Å². The van der Waals surface area contributed by atoms with E-state index in [-0.39, 0.29) is 11.6 Å². The van der Waals surface area contributed by atoms with Crippen molar-refractivity contribution in [3.63, 3.8) is 0 Å². The molecule has 1 aliphatic rings. The molecule has 3 aromatic rings. The maximum atomic E-state index is 5.74. The Hall–Kier alpha value is -2.93. The van der Waals surface area contributed by atoms with Crippen LogP contribution < -0.4 is 9.64 Å². The molecule has 2 heterocycles. The van der Waals surface area contributed by atoms with Crippen molar-refractivity contribution in [3.8, 4) is 5.75 Å². The van der Waals surface area contributed by atoms with Crippen molar-refractivity contribution >= 4 is 5.69 Å². The van der Waals surface area contributed by atoms with Crippen LogP contribution in [0.15, 0.2) is 54.6 Å². The number of para-hydroxylation sites is 2.